The quantitative estimate of drug-likeness (QED) is 0.292. The molecular weight excluding hydrogens is 451 g/mol. The van der Waals surface area contributed by atoms with Crippen LogP contribution in [0.5, 0.6) is 0 Å². The number of alkyl halides is 3. The van der Waals surface area contributed by atoms with Crippen molar-refractivity contribution in [2.45, 2.75) is 44.8 Å². The summed E-state index contributed by atoms with van der Waals surface area (Å²) in [6, 6.07) is 0.470. The van der Waals surface area contributed by atoms with E-state index < -0.39 is 76.2 Å². The smallest absolute Gasteiger partial charge is 0.418 e. The second-order valence-corrected chi connectivity index (χ2v) is 7.86. The first-order valence-corrected chi connectivity index (χ1v) is 10.1. The van der Waals surface area contributed by atoms with Crippen LogP contribution in [0.2, 0.25) is 0 Å². The Balaban J connectivity index is 1.63. The Morgan fingerprint density at radius 2 is 1.79 bits per heavy atom. The number of carbonyl (C=O) groups excluding carboxylic acids is 4. The number of hydrogen-bond acceptors (Lipinski definition) is 7. The van der Waals surface area contributed by atoms with E-state index in [9.17, 15) is 42.5 Å². The molecule has 1 aliphatic carbocycles. The lowest BCUT2D eigenvalue weighted by Crippen LogP contribution is -2.45. The number of nitro groups is 1. The van der Waals surface area contributed by atoms with Crippen LogP contribution in [-0.2, 0) is 30.1 Å². The number of amides is 3. The molecule has 1 aromatic rings. The molecule has 3 amide bonds. The summed E-state index contributed by atoms with van der Waals surface area (Å²) >= 11 is 0. The van der Waals surface area contributed by atoms with Gasteiger partial charge < -0.3 is 10.1 Å². The molecular formula is C20H20F3N3O7. The molecule has 3 rings (SSSR count). The van der Waals surface area contributed by atoms with Gasteiger partial charge in [-0.3, -0.25) is 29.4 Å². The number of imide groups is 1. The second-order valence-electron chi connectivity index (χ2n) is 7.86. The lowest BCUT2D eigenvalue weighted by molar-refractivity contribution is -0.385. The number of rotatable bonds is 6. The molecule has 1 saturated carbocycles. The van der Waals surface area contributed by atoms with E-state index in [1.807, 2.05) is 5.32 Å². The van der Waals surface area contributed by atoms with Gasteiger partial charge in [-0.25, -0.2) is 4.79 Å². The number of likely N-dealkylation sites (tertiary alicyclic amines) is 1. The largest absolute Gasteiger partial charge is 0.454 e. The highest BCUT2D eigenvalue weighted by Crippen LogP contribution is 2.39. The van der Waals surface area contributed by atoms with E-state index in [0.29, 0.717) is 18.9 Å². The molecule has 0 aromatic heterocycles. The number of nitro benzene ring substituents is 1. The minimum Gasteiger partial charge on any atom is -0.454 e. The average molecular weight is 471 g/mol. The summed E-state index contributed by atoms with van der Waals surface area (Å²) in [6.45, 7) is 0.284. The molecule has 0 radical (unpaired) electrons. The highest BCUT2D eigenvalue weighted by atomic mass is 19.4. The van der Waals surface area contributed by atoms with Gasteiger partial charge in [0, 0.05) is 12.1 Å². The number of halogens is 3. The van der Waals surface area contributed by atoms with Crippen LogP contribution in [0, 0.1) is 22.0 Å². The number of nitrogens with one attached hydrogen (secondary N) is 1. The van der Waals surface area contributed by atoms with E-state index in [4.69, 9.17) is 4.74 Å². The summed E-state index contributed by atoms with van der Waals surface area (Å²) < 4.78 is 44.4. The van der Waals surface area contributed by atoms with Crippen LogP contribution in [0.1, 0.15) is 38.2 Å². The van der Waals surface area contributed by atoms with E-state index >= 15 is 0 Å². The van der Waals surface area contributed by atoms with Crippen molar-refractivity contribution < 1.29 is 42.0 Å². The van der Waals surface area contributed by atoms with Crippen LogP contribution in [0.25, 0.3) is 0 Å². The van der Waals surface area contributed by atoms with Crippen LogP contribution >= 0.6 is 0 Å². The normalized spacial score (nSPS) is 21.4. The van der Waals surface area contributed by atoms with Crippen LogP contribution in [0.15, 0.2) is 18.2 Å². The SMILES string of the molecule is C[C@@H](C(=O)OCC(=O)Nc1ccc([N+](=O)[O-])cc1C(F)(F)F)N1C(=O)[C@@H]2CCCC[C@H]2C1=O. The van der Waals surface area contributed by atoms with Gasteiger partial charge in [0.2, 0.25) is 11.8 Å². The monoisotopic (exact) mass is 471 g/mol. The van der Waals surface area contributed by atoms with Crippen LogP contribution in [0.4, 0.5) is 24.5 Å². The van der Waals surface area contributed by atoms with Crippen molar-refractivity contribution in [3.63, 3.8) is 0 Å². The number of benzene rings is 1. The molecule has 2 fully saturated rings. The standard InChI is InChI=1S/C20H20F3N3O7/c1-10(25-17(28)12-4-2-3-5-13(12)18(25)29)19(30)33-9-16(27)24-15-7-6-11(26(31)32)8-14(15)20(21,22)23/h6-8,10,12-13H,2-5,9H2,1H3,(H,24,27)/t10-,12+,13+/m0/s1. The highest BCUT2D eigenvalue weighted by molar-refractivity contribution is 6.08. The topological polar surface area (TPSA) is 136 Å². The second kappa shape index (κ2) is 9.16. The first kappa shape index (κ1) is 24.1. The van der Waals surface area contributed by atoms with E-state index in [2.05, 4.69) is 0 Å². The van der Waals surface area contributed by atoms with Crippen molar-refractivity contribution in [1.82, 2.24) is 4.90 Å². The molecule has 33 heavy (non-hydrogen) atoms. The minimum atomic E-state index is -4.99. The van der Waals surface area contributed by atoms with Crippen molar-refractivity contribution in [1.29, 1.82) is 0 Å². The first-order valence-electron chi connectivity index (χ1n) is 10.1. The maximum Gasteiger partial charge on any atom is 0.418 e. The summed E-state index contributed by atoms with van der Waals surface area (Å²) in [5.74, 6) is -4.10. The number of nitrogens with zero attached hydrogens (tertiary/aromatic N) is 2. The summed E-state index contributed by atoms with van der Waals surface area (Å²) in [5, 5.41) is 12.6. The molecule has 1 heterocycles. The first-order chi connectivity index (χ1) is 15.4. The summed E-state index contributed by atoms with van der Waals surface area (Å²) in [7, 11) is 0. The van der Waals surface area contributed by atoms with Crippen molar-refractivity contribution in [2.75, 3.05) is 11.9 Å². The fraction of sp³-hybridized carbons (Fsp3) is 0.500. The van der Waals surface area contributed by atoms with E-state index in [1.54, 1.807) is 0 Å². The Kier molecular flexibility index (Phi) is 6.70. The number of non-ortho nitro benzene ring substituents is 1. The van der Waals surface area contributed by atoms with Gasteiger partial charge in [-0.1, -0.05) is 12.8 Å². The lowest BCUT2D eigenvalue weighted by Gasteiger charge is -2.21. The molecule has 1 saturated heterocycles. The molecule has 1 aromatic carbocycles. The summed E-state index contributed by atoms with van der Waals surface area (Å²) in [6.07, 6.45) is -2.29. The van der Waals surface area contributed by atoms with Gasteiger partial charge in [0.15, 0.2) is 6.61 Å². The molecule has 1 N–H and O–H groups in total. The molecule has 0 unspecified atom stereocenters. The van der Waals surface area contributed by atoms with Crippen LogP contribution < -0.4 is 5.32 Å². The van der Waals surface area contributed by atoms with E-state index in [-0.39, 0.29) is 6.07 Å². The third-order valence-corrected chi connectivity index (χ3v) is 5.74. The Morgan fingerprint density at radius 3 is 2.30 bits per heavy atom. The van der Waals surface area contributed by atoms with Gasteiger partial charge >= 0.3 is 12.1 Å². The van der Waals surface area contributed by atoms with E-state index in [1.165, 1.54) is 6.92 Å². The predicted molar refractivity (Wildman–Crippen MR) is 104 cm³/mol. The molecule has 0 spiro atoms. The number of fused-ring (bicyclic) bond motifs is 1. The molecule has 10 nitrogen and oxygen atoms in total. The maximum atomic E-state index is 13.2. The van der Waals surface area contributed by atoms with Crippen molar-refractivity contribution in [3.05, 3.63) is 33.9 Å². The van der Waals surface area contributed by atoms with Gasteiger partial charge in [-0.2, -0.15) is 13.2 Å². The summed E-state index contributed by atoms with van der Waals surface area (Å²) in [5.41, 5.74) is -3.02. The predicted octanol–water partition coefficient (Wildman–Crippen LogP) is 2.66. The number of hydrogen-bond donors (Lipinski definition) is 1. The zero-order valence-electron chi connectivity index (χ0n) is 17.4. The zero-order chi connectivity index (χ0) is 24.5. The number of esters is 1. The Bertz CT molecular complexity index is 987. The van der Waals surface area contributed by atoms with Crippen molar-refractivity contribution >= 4 is 35.1 Å². The molecule has 3 atom stereocenters. The average Bonchev–Trinajstić information content (AvgIpc) is 3.01. The molecule has 1 aliphatic heterocycles. The molecule has 0 bridgehead atoms. The highest BCUT2D eigenvalue weighted by Gasteiger charge is 2.51. The Hall–Kier alpha value is -3.51. The van der Waals surface area contributed by atoms with Crippen molar-refractivity contribution in [2.24, 2.45) is 11.8 Å². The maximum absolute atomic E-state index is 13.2. The van der Waals surface area contributed by atoms with E-state index in [0.717, 1.165) is 23.8 Å². The minimum absolute atomic E-state index is 0.272. The fourth-order valence-corrected chi connectivity index (χ4v) is 4.11. The molecule has 178 valence electrons. The Morgan fingerprint density at radius 1 is 1.21 bits per heavy atom. The van der Waals surface area contributed by atoms with Gasteiger partial charge in [0.25, 0.3) is 11.6 Å². The van der Waals surface area contributed by atoms with Gasteiger partial charge in [-0.15, -0.1) is 0 Å². The summed E-state index contributed by atoms with van der Waals surface area (Å²) in [4.78, 5) is 60.0. The molecule has 13 heteroatoms. The van der Waals surface area contributed by atoms with Crippen LogP contribution in [-0.4, -0.2) is 46.2 Å². The third kappa shape index (κ3) is 4.96. The third-order valence-electron chi connectivity index (χ3n) is 5.74. The Labute approximate surface area is 185 Å². The lowest BCUT2D eigenvalue weighted by atomic mass is 9.81. The fourth-order valence-electron chi connectivity index (χ4n) is 4.11. The van der Waals surface area contributed by atoms with Gasteiger partial charge in [0.05, 0.1) is 28.0 Å². The zero-order valence-corrected chi connectivity index (χ0v) is 17.4. The van der Waals surface area contributed by atoms with Crippen LogP contribution in [0.3, 0.4) is 0 Å². The van der Waals surface area contributed by atoms with Gasteiger partial charge in [-0.05, 0) is 25.8 Å². The number of anilines is 1. The molecule has 2 aliphatic rings. The van der Waals surface area contributed by atoms with Crippen molar-refractivity contribution in [3.8, 4) is 0 Å². The number of carbonyl (C=O) groups is 4. The number of ether oxygens (including phenoxy) is 1. The van der Waals surface area contributed by atoms with Gasteiger partial charge in [0.1, 0.15) is 6.04 Å².